The second kappa shape index (κ2) is 11.8. The lowest BCUT2D eigenvalue weighted by Gasteiger charge is -2.16. The van der Waals surface area contributed by atoms with E-state index < -0.39 is 0 Å². The van der Waals surface area contributed by atoms with Gasteiger partial charge in [0, 0.05) is 11.1 Å². The minimum Gasteiger partial charge on any atom is -0.487 e. The Labute approximate surface area is 174 Å². The SMILES string of the molecule is O=Cc1ccc2c(c1)OCCOCCOc1cc(C=O)ccc1OCCOCCO2. The molecule has 30 heavy (non-hydrogen) atoms. The van der Waals surface area contributed by atoms with Crippen LogP contribution in [-0.2, 0) is 9.47 Å². The van der Waals surface area contributed by atoms with Crippen LogP contribution in [-0.4, -0.2) is 65.4 Å². The van der Waals surface area contributed by atoms with E-state index >= 15 is 0 Å². The number of benzene rings is 2. The Morgan fingerprint density at radius 1 is 0.500 bits per heavy atom. The van der Waals surface area contributed by atoms with Crippen LogP contribution in [0.25, 0.3) is 0 Å². The molecule has 8 nitrogen and oxygen atoms in total. The van der Waals surface area contributed by atoms with Crippen LogP contribution < -0.4 is 18.9 Å². The minimum atomic E-state index is 0.282. The summed E-state index contributed by atoms with van der Waals surface area (Å²) in [5, 5.41) is 0. The van der Waals surface area contributed by atoms with Gasteiger partial charge in [-0.1, -0.05) is 0 Å². The van der Waals surface area contributed by atoms with Gasteiger partial charge in [-0.05, 0) is 36.4 Å². The molecule has 0 spiro atoms. The van der Waals surface area contributed by atoms with Gasteiger partial charge in [-0.2, -0.15) is 0 Å². The number of carbonyl (C=O) groups excluding carboxylic acids is 2. The largest absolute Gasteiger partial charge is 0.487 e. The molecule has 0 atom stereocenters. The fourth-order valence-electron chi connectivity index (χ4n) is 2.71. The number of fused-ring (bicyclic) bond motifs is 2. The third-order valence-corrected chi connectivity index (χ3v) is 4.15. The average molecular weight is 416 g/mol. The summed E-state index contributed by atoms with van der Waals surface area (Å²) in [5.41, 5.74) is 0.992. The zero-order chi connectivity index (χ0) is 21.0. The highest BCUT2D eigenvalue weighted by molar-refractivity contribution is 5.77. The van der Waals surface area contributed by atoms with Gasteiger partial charge in [-0.15, -0.1) is 0 Å². The second-order valence-electron chi connectivity index (χ2n) is 6.27. The Balaban J connectivity index is 1.62. The smallest absolute Gasteiger partial charge is 0.162 e. The maximum Gasteiger partial charge on any atom is 0.162 e. The highest BCUT2D eigenvalue weighted by Gasteiger charge is 2.09. The van der Waals surface area contributed by atoms with Crippen molar-refractivity contribution in [3.05, 3.63) is 47.5 Å². The Bertz CT molecular complexity index is 768. The first kappa shape index (κ1) is 21.6. The molecule has 0 N–H and O–H groups in total. The van der Waals surface area contributed by atoms with Crippen LogP contribution in [0.2, 0.25) is 0 Å². The summed E-state index contributed by atoms with van der Waals surface area (Å²) in [6.07, 6.45) is 1.50. The van der Waals surface area contributed by atoms with Gasteiger partial charge in [-0.3, -0.25) is 9.59 Å². The van der Waals surface area contributed by atoms with E-state index in [2.05, 4.69) is 0 Å². The van der Waals surface area contributed by atoms with E-state index in [9.17, 15) is 9.59 Å². The molecule has 2 aromatic rings. The van der Waals surface area contributed by atoms with Gasteiger partial charge in [-0.25, -0.2) is 0 Å². The normalized spacial score (nSPS) is 16.0. The first-order valence-electron chi connectivity index (χ1n) is 9.65. The van der Waals surface area contributed by atoms with E-state index in [1.54, 1.807) is 36.4 Å². The topological polar surface area (TPSA) is 89.5 Å². The molecule has 1 aliphatic rings. The highest BCUT2D eigenvalue weighted by Crippen LogP contribution is 2.29. The van der Waals surface area contributed by atoms with Gasteiger partial charge >= 0.3 is 0 Å². The molecule has 0 amide bonds. The Hall–Kier alpha value is -3.10. The first-order valence-corrected chi connectivity index (χ1v) is 9.65. The van der Waals surface area contributed by atoms with Gasteiger partial charge in [0.15, 0.2) is 23.0 Å². The third-order valence-electron chi connectivity index (χ3n) is 4.15. The molecule has 1 aliphatic heterocycles. The quantitative estimate of drug-likeness (QED) is 0.690. The molecule has 0 aliphatic carbocycles. The van der Waals surface area contributed by atoms with Crippen molar-refractivity contribution < 1.29 is 38.0 Å². The Morgan fingerprint density at radius 3 is 1.23 bits per heavy atom. The molecule has 0 aromatic heterocycles. The number of rotatable bonds is 2. The van der Waals surface area contributed by atoms with Crippen LogP contribution in [0.3, 0.4) is 0 Å². The fraction of sp³-hybridized carbons (Fsp3) is 0.364. The molecule has 8 heteroatoms. The van der Waals surface area contributed by atoms with Crippen LogP contribution in [0.4, 0.5) is 0 Å². The van der Waals surface area contributed by atoms with Crippen LogP contribution in [0.5, 0.6) is 23.0 Å². The predicted octanol–water partition coefficient (Wildman–Crippen LogP) is 2.57. The zero-order valence-electron chi connectivity index (χ0n) is 16.5. The van der Waals surface area contributed by atoms with Crippen molar-refractivity contribution in [1.82, 2.24) is 0 Å². The van der Waals surface area contributed by atoms with Gasteiger partial charge < -0.3 is 28.4 Å². The number of hydrogen-bond donors (Lipinski definition) is 0. The molecule has 3 rings (SSSR count). The maximum atomic E-state index is 11.0. The van der Waals surface area contributed by atoms with E-state index in [1.165, 1.54) is 0 Å². The van der Waals surface area contributed by atoms with E-state index in [0.717, 1.165) is 12.6 Å². The molecular formula is C22H24O8. The maximum absolute atomic E-state index is 11.0. The monoisotopic (exact) mass is 416 g/mol. The van der Waals surface area contributed by atoms with Crippen molar-refractivity contribution in [2.45, 2.75) is 0 Å². The highest BCUT2D eigenvalue weighted by atomic mass is 16.6. The summed E-state index contributed by atoms with van der Waals surface area (Å²) in [7, 11) is 0. The Kier molecular flexibility index (Phi) is 8.49. The summed E-state index contributed by atoms with van der Waals surface area (Å²) in [4.78, 5) is 22.1. The molecular weight excluding hydrogens is 392 g/mol. The van der Waals surface area contributed by atoms with Crippen LogP contribution in [0.15, 0.2) is 36.4 Å². The number of carbonyl (C=O) groups is 2. The van der Waals surface area contributed by atoms with Gasteiger partial charge in [0.1, 0.15) is 39.0 Å². The molecule has 0 saturated heterocycles. The molecule has 0 bridgehead atoms. The number of aldehydes is 2. The summed E-state index contributed by atoms with van der Waals surface area (Å²) in [6.45, 7) is 2.56. The molecule has 160 valence electrons. The van der Waals surface area contributed by atoms with Crippen molar-refractivity contribution in [3.63, 3.8) is 0 Å². The van der Waals surface area contributed by atoms with Crippen molar-refractivity contribution in [2.75, 3.05) is 52.9 Å². The van der Waals surface area contributed by atoms with E-state index in [4.69, 9.17) is 28.4 Å². The third kappa shape index (κ3) is 6.47. The molecule has 1 heterocycles. The Morgan fingerprint density at radius 2 is 0.867 bits per heavy atom. The minimum absolute atomic E-state index is 0.282. The fourth-order valence-corrected chi connectivity index (χ4v) is 2.71. The summed E-state index contributed by atoms with van der Waals surface area (Å²) in [5.74, 6) is 2.01. The lowest BCUT2D eigenvalue weighted by Crippen LogP contribution is -2.15. The number of hydrogen-bond acceptors (Lipinski definition) is 8. The summed E-state index contributed by atoms with van der Waals surface area (Å²) >= 11 is 0. The van der Waals surface area contributed by atoms with Crippen LogP contribution >= 0.6 is 0 Å². The van der Waals surface area contributed by atoms with Crippen LogP contribution in [0, 0.1) is 0 Å². The second-order valence-corrected chi connectivity index (χ2v) is 6.27. The summed E-state index contributed by atoms with van der Waals surface area (Å²) < 4.78 is 33.9. The van der Waals surface area contributed by atoms with Gasteiger partial charge in [0.05, 0.1) is 26.4 Å². The van der Waals surface area contributed by atoms with Gasteiger partial charge in [0.2, 0.25) is 0 Å². The van der Waals surface area contributed by atoms with Crippen molar-refractivity contribution in [2.24, 2.45) is 0 Å². The summed E-state index contributed by atoms with van der Waals surface area (Å²) in [6, 6.07) is 9.97. The lowest BCUT2D eigenvalue weighted by atomic mass is 10.2. The molecule has 0 unspecified atom stereocenters. The number of ether oxygens (including phenoxy) is 6. The van der Waals surface area contributed by atoms with Gasteiger partial charge in [0.25, 0.3) is 0 Å². The zero-order valence-corrected chi connectivity index (χ0v) is 16.5. The van der Waals surface area contributed by atoms with Crippen molar-refractivity contribution in [1.29, 1.82) is 0 Å². The van der Waals surface area contributed by atoms with Crippen LogP contribution in [0.1, 0.15) is 20.7 Å². The lowest BCUT2D eigenvalue weighted by molar-refractivity contribution is 0.0639. The molecule has 0 saturated carbocycles. The van der Waals surface area contributed by atoms with Crippen molar-refractivity contribution in [3.8, 4) is 23.0 Å². The first-order chi connectivity index (χ1) is 14.8. The van der Waals surface area contributed by atoms with E-state index in [1.807, 2.05) is 0 Å². The predicted molar refractivity (Wildman–Crippen MR) is 107 cm³/mol. The standard InChI is InChI=1S/C22H24O8/c23-15-17-1-3-19-21(13-17)29-11-7-26-8-12-30-22-14-18(16-24)2-4-20(22)28-10-6-25-5-9-27-19/h1-4,13-16H,5-12H2. The molecule has 2 aromatic carbocycles. The average Bonchev–Trinajstić information content (AvgIpc) is 2.78. The molecule has 0 fully saturated rings. The van der Waals surface area contributed by atoms with E-state index in [0.29, 0.717) is 73.8 Å². The van der Waals surface area contributed by atoms with Crippen molar-refractivity contribution >= 4 is 12.6 Å². The van der Waals surface area contributed by atoms with E-state index in [-0.39, 0.29) is 13.2 Å². The molecule has 0 radical (unpaired) electrons.